The van der Waals surface area contributed by atoms with Crippen LogP contribution >= 0.6 is 0 Å². The van der Waals surface area contributed by atoms with Crippen molar-refractivity contribution < 1.29 is 9.90 Å². The first kappa shape index (κ1) is 14.4. The monoisotopic (exact) mass is 288 g/mol. The first-order valence-corrected chi connectivity index (χ1v) is 7.92. The van der Waals surface area contributed by atoms with Gasteiger partial charge in [0.1, 0.15) is 0 Å². The molecule has 1 saturated carbocycles. The molecular formula is C17H24N2O2. The number of benzene rings is 1. The van der Waals surface area contributed by atoms with E-state index in [2.05, 4.69) is 0 Å². The topological polar surface area (TPSA) is 66.6 Å². The van der Waals surface area contributed by atoms with Gasteiger partial charge in [-0.25, -0.2) is 0 Å². The van der Waals surface area contributed by atoms with E-state index >= 15 is 0 Å². The molecule has 4 heteroatoms. The van der Waals surface area contributed by atoms with Gasteiger partial charge in [0.05, 0.1) is 5.41 Å². The maximum Gasteiger partial charge on any atom is 0.233 e. The molecule has 0 aromatic heterocycles. The maximum absolute atomic E-state index is 12.9. The Balaban J connectivity index is 1.73. The Morgan fingerprint density at radius 2 is 2.05 bits per heavy atom. The molecule has 1 amide bonds. The van der Waals surface area contributed by atoms with E-state index in [1.807, 2.05) is 29.2 Å². The van der Waals surface area contributed by atoms with Crippen LogP contribution in [0.15, 0.2) is 24.3 Å². The van der Waals surface area contributed by atoms with Gasteiger partial charge in [-0.2, -0.15) is 0 Å². The number of rotatable bonds is 4. The molecule has 1 unspecified atom stereocenters. The Hall–Kier alpha value is -1.55. The molecule has 0 spiro atoms. The van der Waals surface area contributed by atoms with E-state index in [-0.39, 0.29) is 17.9 Å². The second-order valence-corrected chi connectivity index (χ2v) is 6.48. The Morgan fingerprint density at radius 3 is 2.67 bits per heavy atom. The second kappa shape index (κ2) is 5.68. The maximum atomic E-state index is 12.9. The van der Waals surface area contributed by atoms with Crippen LogP contribution in [0.4, 0.5) is 5.69 Å². The number of carbonyl (C=O) groups excluding carboxylic acids is 1. The summed E-state index contributed by atoms with van der Waals surface area (Å²) in [6.07, 6.45) is 4.86. The van der Waals surface area contributed by atoms with Crippen molar-refractivity contribution in [2.75, 3.05) is 25.4 Å². The van der Waals surface area contributed by atoms with Crippen molar-refractivity contribution in [1.82, 2.24) is 4.90 Å². The number of nitrogens with two attached hydrogens (primary N) is 1. The molecule has 0 radical (unpaired) electrons. The number of hydrogen-bond acceptors (Lipinski definition) is 3. The molecule has 2 aliphatic rings. The van der Waals surface area contributed by atoms with E-state index in [0.717, 1.165) is 56.4 Å². The summed E-state index contributed by atoms with van der Waals surface area (Å²) in [6, 6.07) is 7.76. The van der Waals surface area contributed by atoms with Crippen LogP contribution in [0.3, 0.4) is 0 Å². The fraction of sp³-hybridized carbons (Fsp3) is 0.588. The summed E-state index contributed by atoms with van der Waals surface area (Å²) in [7, 11) is 0. The van der Waals surface area contributed by atoms with Crippen LogP contribution in [0.2, 0.25) is 0 Å². The molecule has 3 N–H and O–H groups in total. The standard InChI is InChI=1S/C17H24N2O2/c18-15-5-3-14(4-6-15)17(8-9-17)16(21)19-10-1-2-13(12-19)7-11-20/h3-6,13,20H,1-2,7-12,18H2. The lowest BCUT2D eigenvalue weighted by Gasteiger charge is -2.35. The zero-order valence-corrected chi connectivity index (χ0v) is 12.4. The average Bonchev–Trinajstić information content (AvgIpc) is 3.29. The minimum atomic E-state index is -0.297. The van der Waals surface area contributed by atoms with Gasteiger partial charge < -0.3 is 15.7 Å². The molecule has 3 rings (SSSR count). The summed E-state index contributed by atoms with van der Waals surface area (Å²) < 4.78 is 0. The highest BCUT2D eigenvalue weighted by atomic mass is 16.3. The second-order valence-electron chi connectivity index (χ2n) is 6.48. The molecule has 114 valence electrons. The van der Waals surface area contributed by atoms with Crippen molar-refractivity contribution in [3.8, 4) is 0 Å². The zero-order valence-electron chi connectivity index (χ0n) is 12.4. The van der Waals surface area contributed by atoms with Crippen molar-refractivity contribution in [1.29, 1.82) is 0 Å². The van der Waals surface area contributed by atoms with Crippen LogP contribution in [-0.4, -0.2) is 35.6 Å². The summed E-state index contributed by atoms with van der Waals surface area (Å²) in [5.41, 5.74) is 7.29. The molecule has 1 aliphatic heterocycles. The molecule has 21 heavy (non-hydrogen) atoms. The summed E-state index contributed by atoms with van der Waals surface area (Å²) in [5, 5.41) is 9.10. The van der Waals surface area contributed by atoms with Crippen LogP contribution < -0.4 is 5.73 Å². The lowest BCUT2D eigenvalue weighted by atomic mass is 9.90. The minimum absolute atomic E-state index is 0.218. The van der Waals surface area contributed by atoms with E-state index in [0.29, 0.717) is 5.92 Å². The Kier molecular flexibility index (Phi) is 3.89. The lowest BCUT2D eigenvalue weighted by molar-refractivity contribution is -0.136. The minimum Gasteiger partial charge on any atom is -0.399 e. The number of aliphatic hydroxyl groups excluding tert-OH is 1. The summed E-state index contributed by atoms with van der Waals surface area (Å²) in [5.74, 6) is 0.727. The summed E-state index contributed by atoms with van der Waals surface area (Å²) >= 11 is 0. The molecule has 1 heterocycles. The number of likely N-dealkylation sites (tertiary alicyclic amines) is 1. The van der Waals surface area contributed by atoms with Crippen LogP contribution in [0.25, 0.3) is 0 Å². The van der Waals surface area contributed by atoms with Gasteiger partial charge in [-0.05, 0) is 55.7 Å². The van der Waals surface area contributed by atoms with Crippen molar-refractivity contribution in [3.63, 3.8) is 0 Å². The number of nitrogens with zero attached hydrogens (tertiary/aromatic N) is 1. The average molecular weight is 288 g/mol. The van der Waals surface area contributed by atoms with E-state index in [1.54, 1.807) is 0 Å². The molecule has 1 atom stereocenters. The number of aliphatic hydroxyl groups is 1. The highest BCUT2D eigenvalue weighted by Gasteiger charge is 2.53. The van der Waals surface area contributed by atoms with Crippen LogP contribution in [-0.2, 0) is 10.2 Å². The normalized spacial score (nSPS) is 23.9. The van der Waals surface area contributed by atoms with Crippen LogP contribution in [0.1, 0.15) is 37.7 Å². The van der Waals surface area contributed by atoms with Gasteiger partial charge in [0.25, 0.3) is 0 Å². The van der Waals surface area contributed by atoms with Gasteiger partial charge in [0.15, 0.2) is 0 Å². The quantitative estimate of drug-likeness (QED) is 0.832. The third kappa shape index (κ3) is 2.77. The molecule has 0 bridgehead atoms. The van der Waals surface area contributed by atoms with E-state index < -0.39 is 0 Å². The zero-order chi connectivity index (χ0) is 14.9. The lowest BCUT2D eigenvalue weighted by Crippen LogP contribution is -2.45. The molecular weight excluding hydrogens is 264 g/mol. The molecule has 1 aromatic rings. The number of hydrogen-bond donors (Lipinski definition) is 2. The molecule has 1 saturated heterocycles. The van der Waals surface area contributed by atoms with Crippen molar-refractivity contribution >= 4 is 11.6 Å². The third-order valence-electron chi connectivity index (χ3n) is 4.97. The van der Waals surface area contributed by atoms with Gasteiger partial charge in [0, 0.05) is 25.4 Å². The number of piperidine rings is 1. The number of nitrogen functional groups attached to an aromatic ring is 1. The summed E-state index contributed by atoms with van der Waals surface area (Å²) in [4.78, 5) is 15.0. The molecule has 1 aromatic carbocycles. The summed E-state index contributed by atoms with van der Waals surface area (Å²) in [6.45, 7) is 1.88. The largest absolute Gasteiger partial charge is 0.399 e. The third-order valence-corrected chi connectivity index (χ3v) is 4.97. The fourth-order valence-electron chi connectivity index (χ4n) is 3.52. The van der Waals surface area contributed by atoms with Crippen LogP contribution in [0, 0.1) is 5.92 Å². The predicted octanol–water partition coefficient (Wildman–Crippen LogP) is 1.92. The van der Waals surface area contributed by atoms with Gasteiger partial charge in [-0.15, -0.1) is 0 Å². The van der Waals surface area contributed by atoms with Gasteiger partial charge in [-0.3, -0.25) is 4.79 Å². The van der Waals surface area contributed by atoms with Gasteiger partial charge in [0.2, 0.25) is 5.91 Å². The fourth-order valence-corrected chi connectivity index (χ4v) is 3.52. The first-order valence-electron chi connectivity index (χ1n) is 7.92. The number of amides is 1. The van der Waals surface area contributed by atoms with Crippen molar-refractivity contribution in [2.24, 2.45) is 5.92 Å². The van der Waals surface area contributed by atoms with Crippen molar-refractivity contribution in [2.45, 2.75) is 37.5 Å². The first-order chi connectivity index (χ1) is 10.2. The number of anilines is 1. The smallest absolute Gasteiger partial charge is 0.233 e. The Morgan fingerprint density at radius 1 is 1.33 bits per heavy atom. The predicted molar refractivity (Wildman–Crippen MR) is 82.8 cm³/mol. The highest BCUT2D eigenvalue weighted by Crippen LogP contribution is 2.50. The van der Waals surface area contributed by atoms with E-state index in [1.165, 1.54) is 0 Å². The molecule has 4 nitrogen and oxygen atoms in total. The van der Waals surface area contributed by atoms with Gasteiger partial charge in [-0.1, -0.05) is 12.1 Å². The highest BCUT2D eigenvalue weighted by molar-refractivity contribution is 5.91. The number of carbonyl (C=O) groups is 1. The van der Waals surface area contributed by atoms with Crippen molar-refractivity contribution in [3.05, 3.63) is 29.8 Å². The Bertz CT molecular complexity index is 506. The molecule has 2 fully saturated rings. The SMILES string of the molecule is Nc1ccc(C2(C(=O)N3CCCC(CCO)C3)CC2)cc1. The molecule has 1 aliphatic carbocycles. The van der Waals surface area contributed by atoms with E-state index in [4.69, 9.17) is 10.8 Å². The van der Waals surface area contributed by atoms with E-state index in [9.17, 15) is 4.79 Å². The van der Waals surface area contributed by atoms with Gasteiger partial charge >= 0.3 is 0 Å². The van der Waals surface area contributed by atoms with Crippen LogP contribution in [0.5, 0.6) is 0 Å². The Labute approximate surface area is 125 Å².